The lowest BCUT2D eigenvalue weighted by atomic mass is 9.98. The van der Waals surface area contributed by atoms with Crippen LogP contribution < -0.4 is 10.6 Å². The normalized spacial score (nSPS) is 13.1. The minimum atomic E-state index is -1.32. The van der Waals surface area contributed by atoms with Gasteiger partial charge in [-0.2, -0.15) is 5.10 Å². The minimum Gasteiger partial charge on any atom is -0.481 e. The molecule has 2 amide bonds. The SMILES string of the molecule is CC(C)c1nn(C)cc1NC(=O)C(CC(=O)O)NC(=O)OCC1c2ccccc2-c2ccccc21. The number of carbonyl (C=O) groups excluding carboxylic acids is 2. The van der Waals surface area contributed by atoms with Gasteiger partial charge in [-0.15, -0.1) is 0 Å². The van der Waals surface area contributed by atoms with Crippen molar-refractivity contribution in [1.82, 2.24) is 15.1 Å². The molecule has 1 aliphatic carbocycles. The Balaban J connectivity index is 1.44. The third-order valence-electron chi connectivity index (χ3n) is 5.99. The highest BCUT2D eigenvalue weighted by atomic mass is 16.5. The highest BCUT2D eigenvalue weighted by Crippen LogP contribution is 2.44. The van der Waals surface area contributed by atoms with E-state index >= 15 is 0 Å². The number of aliphatic carboxylic acids is 1. The van der Waals surface area contributed by atoms with Gasteiger partial charge in [-0.25, -0.2) is 4.79 Å². The van der Waals surface area contributed by atoms with E-state index in [1.165, 1.54) is 0 Å². The van der Waals surface area contributed by atoms with Crippen molar-refractivity contribution in [3.05, 3.63) is 71.5 Å². The van der Waals surface area contributed by atoms with Crippen molar-refractivity contribution in [2.24, 2.45) is 7.05 Å². The lowest BCUT2D eigenvalue weighted by Crippen LogP contribution is -2.45. The van der Waals surface area contributed by atoms with Crippen LogP contribution in [0, 0.1) is 0 Å². The molecule has 9 nitrogen and oxygen atoms in total. The van der Waals surface area contributed by atoms with Gasteiger partial charge in [0.05, 0.1) is 17.8 Å². The number of alkyl carbamates (subject to hydrolysis) is 1. The molecule has 3 N–H and O–H groups in total. The number of nitrogens with one attached hydrogen (secondary N) is 2. The van der Waals surface area contributed by atoms with E-state index in [0.29, 0.717) is 11.4 Å². The molecule has 35 heavy (non-hydrogen) atoms. The van der Waals surface area contributed by atoms with Gasteiger partial charge in [-0.3, -0.25) is 14.3 Å². The Bertz CT molecular complexity index is 1220. The van der Waals surface area contributed by atoms with Gasteiger partial charge in [0.1, 0.15) is 12.6 Å². The van der Waals surface area contributed by atoms with Gasteiger partial charge in [0.25, 0.3) is 0 Å². The Morgan fingerprint density at radius 3 is 2.23 bits per heavy atom. The molecule has 9 heteroatoms. The monoisotopic (exact) mass is 476 g/mol. The van der Waals surface area contributed by atoms with Crippen LogP contribution in [0.3, 0.4) is 0 Å². The van der Waals surface area contributed by atoms with Gasteiger partial charge in [0.15, 0.2) is 0 Å². The highest BCUT2D eigenvalue weighted by Gasteiger charge is 2.30. The fourth-order valence-corrected chi connectivity index (χ4v) is 4.41. The van der Waals surface area contributed by atoms with Gasteiger partial charge >= 0.3 is 12.1 Å². The van der Waals surface area contributed by atoms with E-state index in [0.717, 1.165) is 22.3 Å². The van der Waals surface area contributed by atoms with Crippen LogP contribution in [-0.4, -0.2) is 45.5 Å². The number of hydrogen-bond donors (Lipinski definition) is 3. The van der Waals surface area contributed by atoms with Crippen molar-refractivity contribution in [2.45, 2.75) is 38.1 Å². The summed E-state index contributed by atoms with van der Waals surface area (Å²) < 4.78 is 7.04. The molecule has 1 aliphatic rings. The molecule has 2 aromatic carbocycles. The first-order valence-corrected chi connectivity index (χ1v) is 11.4. The number of rotatable bonds is 8. The molecule has 0 bridgehead atoms. The van der Waals surface area contributed by atoms with Crippen LogP contribution >= 0.6 is 0 Å². The molecule has 0 aliphatic heterocycles. The molecule has 0 spiro atoms. The average Bonchev–Trinajstić information content (AvgIpc) is 3.34. The van der Waals surface area contributed by atoms with Crippen LogP contribution in [0.25, 0.3) is 11.1 Å². The van der Waals surface area contributed by atoms with Crippen molar-refractivity contribution in [1.29, 1.82) is 0 Å². The maximum Gasteiger partial charge on any atom is 0.407 e. The van der Waals surface area contributed by atoms with Crippen molar-refractivity contribution in [3.63, 3.8) is 0 Å². The number of nitrogens with zero attached hydrogens (tertiary/aromatic N) is 2. The predicted molar refractivity (Wildman–Crippen MR) is 130 cm³/mol. The van der Waals surface area contributed by atoms with Crippen molar-refractivity contribution >= 4 is 23.7 Å². The van der Waals surface area contributed by atoms with Gasteiger partial charge in [0, 0.05) is 19.2 Å². The Morgan fingerprint density at radius 2 is 1.66 bits per heavy atom. The number of carbonyl (C=O) groups is 3. The Labute approximate surface area is 203 Å². The number of anilines is 1. The van der Waals surface area contributed by atoms with Crippen molar-refractivity contribution in [2.75, 3.05) is 11.9 Å². The summed E-state index contributed by atoms with van der Waals surface area (Å²) in [5.74, 6) is -1.99. The van der Waals surface area contributed by atoms with E-state index < -0.39 is 30.4 Å². The van der Waals surface area contributed by atoms with Gasteiger partial charge in [-0.05, 0) is 28.2 Å². The summed E-state index contributed by atoms with van der Waals surface area (Å²) in [6, 6.07) is 14.6. The molecule has 4 rings (SSSR count). The summed E-state index contributed by atoms with van der Waals surface area (Å²) in [6.45, 7) is 3.92. The average molecular weight is 477 g/mol. The Kier molecular flexibility index (Phi) is 6.86. The first-order chi connectivity index (χ1) is 16.7. The molecular weight excluding hydrogens is 448 g/mol. The molecule has 182 valence electrons. The second-order valence-electron chi connectivity index (χ2n) is 8.87. The summed E-state index contributed by atoms with van der Waals surface area (Å²) >= 11 is 0. The molecule has 0 radical (unpaired) electrons. The van der Waals surface area contributed by atoms with Crippen LogP contribution in [0.5, 0.6) is 0 Å². The number of fused-ring (bicyclic) bond motifs is 3. The van der Waals surface area contributed by atoms with Crippen molar-refractivity contribution < 1.29 is 24.2 Å². The number of hydrogen-bond acceptors (Lipinski definition) is 5. The second-order valence-corrected chi connectivity index (χ2v) is 8.87. The third kappa shape index (κ3) is 5.18. The Morgan fingerprint density at radius 1 is 1.06 bits per heavy atom. The predicted octanol–water partition coefficient (Wildman–Crippen LogP) is 3.86. The van der Waals surface area contributed by atoms with Crippen LogP contribution in [0.4, 0.5) is 10.5 Å². The number of aryl methyl sites for hydroxylation is 1. The Hall–Kier alpha value is -4.14. The number of ether oxygens (including phenoxy) is 1. The lowest BCUT2D eigenvalue weighted by molar-refractivity contribution is -0.139. The molecule has 0 saturated heterocycles. The first kappa shape index (κ1) is 24.0. The zero-order valence-corrected chi connectivity index (χ0v) is 19.8. The molecule has 1 atom stereocenters. The van der Waals surface area contributed by atoms with E-state index in [2.05, 4.69) is 15.7 Å². The van der Waals surface area contributed by atoms with E-state index in [4.69, 9.17) is 4.74 Å². The minimum absolute atomic E-state index is 0.0412. The third-order valence-corrected chi connectivity index (χ3v) is 5.99. The number of benzene rings is 2. The largest absolute Gasteiger partial charge is 0.481 e. The summed E-state index contributed by atoms with van der Waals surface area (Å²) in [6.07, 6.45) is 0.189. The van der Waals surface area contributed by atoms with Crippen LogP contribution in [-0.2, 0) is 21.4 Å². The fourth-order valence-electron chi connectivity index (χ4n) is 4.41. The zero-order valence-electron chi connectivity index (χ0n) is 19.8. The van der Waals surface area contributed by atoms with Crippen molar-refractivity contribution in [3.8, 4) is 11.1 Å². The van der Waals surface area contributed by atoms with Gasteiger partial charge in [-0.1, -0.05) is 62.4 Å². The smallest absolute Gasteiger partial charge is 0.407 e. The van der Waals surface area contributed by atoms with Crippen LogP contribution in [0.1, 0.15) is 48.9 Å². The lowest BCUT2D eigenvalue weighted by Gasteiger charge is -2.19. The quantitative estimate of drug-likeness (QED) is 0.454. The van der Waals surface area contributed by atoms with Gasteiger partial charge in [0.2, 0.25) is 5.91 Å². The number of carboxylic acid groups (broad SMARTS) is 1. The topological polar surface area (TPSA) is 123 Å². The number of amides is 2. The van der Waals surface area contributed by atoms with Gasteiger partial charge < -0.3 is 20.5 Å². The molecule has 1 unspecified atom stereocenters. The maximum absolute atomic E-state index is 12.9. The fraction of sp³-hybridized carbons (Fsp3) is 0.308. The second kappa shape index (κ2) is 10.0. The summed E-state index contributed by atoms with van der Waals surface area (Å²) in [5, 5.41) is 18.7. The van der Waals surface area contributed by atoms with E-state index in [9.17, 15) is 19.5 Å². The van der Waals surface area contributed by atoms with E-state index in [1.807, 2.05) is 62.4 Å². The molecule has 1 heterocycles. The molecule has 1 aromatic heterocycles. The maximum atomic E-state index is 12.9. The molecule has 0 fully saturated rings. The van der Waals surface area contributed by atoms with E-state index in [-0.39, 0.29) is 18.4 Å². The summed E-state index contributed by atoms with van der Waals surface area (Å²) in [7, 11) is 1.73. The molecular formula is C26H28N4O5. The highest BCUT2D eigenvalue weighted by molar-refractivity contribution is 5.98. The van der Waals surface area contributed by atoms with Crippen LogP contribution in [0.15, 0.2) is 54.7 Å². The number of aromatic nitrogens is 2. The first-order valence-electron chi connectivity index (χ1n) is 11.4. The molecule has 0 saturated carbocycles. The zero-order chi connectivity index (χ0) is 25.1. The number of carboxylic acids is 1. The summed E-state index contributed by atoms with van der Waals surface area (Å²) in [5.41, 5.74) is 5.43. The molecule has 3 aromatic rings. The van der Waals surface area contributed by atoms with E-state index in [1.54, 1.807) is 17.9 Å². The summed E-state index contributed by atoms with van der Waals surface area (Å²) in [4.78, 5) is 36.9. The van der Waals surface area contributed by atoms with Crippen LogP contribution in [0.2, 0.25) is 0 Å². The standard InChI is InChI=1S/C26H28N4O5/c1-15(2)24-22(13-30(3)29-24)27-25(33)21(12-23(31)32)28-26(34)35-14-20-18-10-6-4-8-16(18)17-9-5-7-11-19(17)20/h4-11,13,15,20-21H,12,14H2,1-3H3,(H,27,33)(H,28,34)(H,31,32).